The van der Waals surface area contributed by atoms with Crippen molar-refractivity contribution in [2.24, 2.45) is 0 Å². The highest BCUT2D eigenvalue weighted by molar-refractivity contribution is 5.97. The van der Waals surface area contributed by atoms with Crippen LogP contribution in [0.1, 0.15) is 49.7 Å². The van der Waals surface area contributed by atoms with Crippen LogP contribution in [0.5, 0.6) is 0 Å². The number of halogens is 3. The van der Waals surface area contributed by atoms with Crippen LogP contribution in [-0.2, 0) is 26.1 Å². The summed E-state index contributed by atoms with van der Waals surface area (Å²) in [6.45, 7) is 5.51. The lowest BCUT2D eigenvalue weighted by Gasteiger charge is -2.41. The summed E-state index contributed by atoms with van der Waals surface area (Å²) >= 11 is 0. The van der Waals surface area contributed by atoms with E-state index in [1.807, 2.05) is 7.05 Å². The number of esters is 1. The Morgan fingerprint density at radius 3 is 2.30 bits per heavy atom. The number of piperidine rings is 1. The van der Waals surface area contributed by atoms with Crippen molar-refractivity contribution in [3.8, 4) is 0 Å². The van der Waals surface area contributed by atoms with Crippen LogP contribution in [0.2, 0.25) is 0 Å². The van der Waals surface area contributed by atoms with Gasteiger partial charge in [-0.05, 0) is 69.9 Å². The van der Waals surface area contributed by atoms with Gasteiger partial charge in [0.2, 0.25) is 5.91 Å². The number of ether oxygens (including phenoxy) is 1. The molecular weight excluding hydrogens is 397 g/mol. The van der Waals surface area contributed by atoms with Gasteiger partial charge in [0.1, 0.15) is 5.60 Å². The first-order chi connectivity index (χ1) is 14.1. The molecule has 1 saturated carbocycles. The van der Waals surface area contributed by atoms with Crippen molar-refractivity contribution >= 4 is 11.9 Å². The number of amides is 1. The van der Waals surface area contributed by atoms with Gasteiger partial charge in [0.15, 0.2) is 0 Å². The molecule has 0 unspecified atom stereocenters. The predicted octanol–water partition coefficient (Wildman–Crippen LogP) is 3.78. The number of hydrogen-bond acceptors (Lipinski definition) is 4. The minimum atomic E-state index is -4.42. The number of rotatable bonds is 6. The lowest BCUT2D eigenvalue weighted by Crippen LogP contribution is -2.44. The molecule has 3 rings (SSSR count). The van der Waals surface area contributed by atoms with Crippen LogP contribution >= 0.6 is 0 Å². The largest absolute Gasteiger partial charge is 0.454 e. The molecule has 1 aromatic rings. The third-order valence-electron chi connectivity index (χ3n) is 5.94. The van der Waals surface area contributed by atoms with E-state index in [1.54, 1.807) is 0 Å². The highest BCUT2D eigenvalue weighted by atomic mass is 19.4. The fourth-order valence-corrected chi connectivity index (χ4v) is 3.86. The summed E-state index contributed by atoms with van der Waals surface area (Å²) in [5.74, 6) is -0.961. The fraction of sp³-hybridized carbons (Fsp3) is 0.545. The number of likely N-dealkylation sites (tertiary alicyclic amines) is 1. The van der Waals surface area contributed by atoms with Gasteiger partial charge in [0.25, 0.3) is 0 Å². The molecule has 0 aromatic heterocycles. The molecule has 1 aliphatic carbocycles. The lowest BCUT2D eigenvalue weighted by atomic mass is 9.74. The monoisotopic (exact) mass is 424 g/mol. The normalized spacial score (nSPS) is 19.6. The molecule has 1 aliphatic heterocycles. The van der Waals surface area contributed by atoms with Gasteiger partial charge in [-0.25, -0.2) is 0 Å². The lowest BCUT2D eigenvalue weighted by molar-refractivity contribution is -0.171. The third kappa shape index (κ3) is 5.22. The van der Waals surface area contributed by atoms with Gasteiger partial charge in [0.05, 0.1) is 12.0 Å². The quantitative estimate of drug-likeness (QED) is 0.558. The zero-order valence-electron chi connectivity index (χ0n) is 17.1. The molecule has 5 nitrogen and oxygen atoms in total. The molecule has 0 atom stereocenters. The second-order valence-corrected chi connectivity index (χ2v) is 8.23. The molecule has 1 saturated heterocycles. The molecular formula is C22H27F3N2O3. The summed E-state index contributed by atoms with van der Waals surface area (Å²) in [6, 6.07) is 4.77. The summed E-state index contributed by atoms with van der Waals surface area (Å²) < 4.78 is 44.0. The minimum absolute atomic E-state index is 0.0617. The van der Waals surface area contributed by atoms with Crippen LogP contribution in [0.3, 0.4) is 0 Å². The van der Waals surface area contributed by atoms with Crippen LogP contribution in [0, 0.1) is 0 Å². The summed E-state index contributed by atoms with van der Waals surface area (Å²) in [4.78, 5) is 27.0. The Bertz CT molecular complexity index is 793. The maximum Gasteiger partial charge on any atom is 0.416 e. The number of hydrogen-bond donors (Lipinski definition) is 1. The molecule has 1 N–H and O–H groups in total. The number of carbonyl (C=O) groups excluding carboxylic acids is 2. The summed E-state index contributed by atoms with van der Waals surface area (Å²) in [5.41, 5.74) is -1.00. The van der Waals surface area contributed by atoms with E-state index >= 15 is 0 Å². The molecule has 1 aromatic carbocycles. The standard InChI is InChI=1S/C22H27F3N2O3/c1-15(20(29)26-18-8-12-27(2)13-9-18)14-19(28)30-21(10-3-11-21)16-4-6-17(7-5-16)22(23,24)25/h4-7,18H,1,3,8-14H2,2H3,(H,26,29). The Kier molecular flexibility index (Phi) is 6.55. The van der Waals surface area contributed by atoms with E-state index in [0.29, 0.717) is 18.4 Å². The summed E-state index contributed by atoms with van der Waals surface area (Å²) in [5, 5.41) is 2.91. The fourth-order valence-electron chi connectivity index (χ4n) is 3.86. The van der Waals surface area contributed by atoms with E-state index in [2.05, 4.69) is 16.8 Å². The van der Waals surface area contributed by atoms with E-state index in [1.165, 1.54) is 12.1 Å². The van der Waals surface area contributed by atoms with Crippen molar-refractivity contribution in [2.45, 2.75) is 56.3 Å². The van der Waals surface area contributed by atoms with Gasteiger partial charge in [-0.3, -0.25) is 9.59 Å². The van der Waals surface area contributed by atoms with E-state index < -0.39 is 23.3 Å². The number of alkyl halides is 3. The number of benzene rings is 1. The zero-order chi connectivity index (χ0) is 21.9. The van der Waals surface area contributed by atoms with E-state index in [4.69, 9.17) is 4.74 Å². The topological polar surface area (TPSA) is 58.6 Å². The highest BCUT2D eigenvalue weighted by Gasteiger charge is 2.43. The van der Waals surface area contributed by atoms with Gasteiger partial charge in [-0.1, -0.05) is 18.7 Å². The average molecular weight is 424 g/mol. The second kappa shape index (κ2) is 8.79. The Morgan fingerprint density at radius 2 is 1.80 bits per heavy atom. The first kappa shape index (κ1) is 22.3. The van der Waals surface area contributed by atoms with Gasteiger partial charge in [-0.2, -0.15) is 13.2 Å². The van der Waals surface area contributed by atoms with Crippen LogP contribution in [-0.4, -0.2) is 43.0 Å². The van der Waals surface area contributed by atoms with Crippen molar-refractivity contribution in [1.29, 1.82) is 0 Å². The molecule has 8 heteroatoms. The smallest absolute Gasteiger partial charge is 0.416 e. The van der Waals surface area contributed by atoms with Crippen molar-refractivity contribution in [3.05, 3.63) is 47.5 Å². The number of carbonyl (C=O) groups is 2. The molecule has 1 heterocycles. The first-order valence-electron chi connectivity index (χ1n) is 10.2. The second-order valence-electron chi connectivity index (χ2n) is 8.23. The Hall–Kier alpha value is -2.35. The minimum Gasteiger partial charge on any atom is -0.454 e. The van der Waals surface area contributed by atoms with Crippen LogP contribution < -0.4 is 5.32 Å². The molecule has 2 fully saturated rings. The summed E-state index contributed by atoms with van der Waals surface area (Å²) in [6.07, 6.45) is -1.09. The molecule has 0 radical (unpaired) electrons. The maximum absolute atomic E-state index is 12.8. The third-order valence-corrected chi connectivity index (χ3v) is 5.94. The van der Waals surface area contributed by atoms with Crippen molar-refractivity contribution < 1.29 is 27.5 Å². The Balaban J connectivity index is 1.56. The van der Waals surface area contributed by atoms with E-state index in [-0.39, 0.29) is 23.9 Å². The Labute approximate surface area is 174 Å². The maximum atomic E-state index is 12.8. The molecule has 0 spiro atoms. The van der Waals surface area contributed by atoms with Gasteiger partial charge in [0, 0.05) is 11.6 Å². The van der Waals surface area contributed by atoms with Gasteiger partial charge >= 0.3 is 12.1 Å². The van der Waals surface area contributed by atoms with Crippen LogP contribution in [0.25, 0.3) is 0 Å². The van der Waals surface area contributed by atoms with Crippen molar-refractivity contribution in [3.63, 3.8) is 0 Å². The molecule has 164 valence electrons. The molecule has 2 aliphatic rings. The Morgan fingerprint density at radius 1 is 1.20 bits per heavy atom. The zero-order valence-corrected chi connectivity index (χ0v) is 17.1. The molecule has 0 bridgehead atoms. The van der Waals surface area contributed by atoms with Crippen molar-refractivity contribution in [1.82, 2.24) is 10.2 Å². The first-order valence-corrected chi connectivity index (χ1v) is 10.2. The molecule has 1 amide bonds. The summed E-state index contributed by atoms with van der Waals surface area (Å²) in [7, 11) is 2.03. The van der Waals surface area contributed by atoms with Gasteiger partial charge in [-0.15, -0.1) is 0 Å². The van der Waals surface area contributed by atoms with Crippen LogP contribution in [0.4, 0.5) is 13.2 Å². The molecule has 30 heavy (non-hydrogen) atoms. The average Bonchev–Trinajstić information content (AvgIpc) is 2.66. The number of nitrogens with one attached hydrogen (secondary N) is 1. The van der Waals surface area contributed by atoms with E-state index in [0.717, 1.165) is 44.5 Å². The van der Waals surface area contributed by atoms with Crippen molar-refractivity contribution in [2.75, 3.05) is 20.1 Å². The highest BCUT2D eigenvalue weighted by Crippen LogP contribution is 2.45. The SMILES string of the molecule is C=C(CC(=O)OC1(c2ccc(C(F)(F)F)cc2)CCC1)C(=O)NC1CCN(C)CC1. The predicted molar refractivity (Wildman–Crippen MR) is 105 cm³/mol. The van der Waals surface area contributed by atoms with Crippen LogP contribution in [0.15, 0.2) is 36.4 Å². The van der Waals surface area contributed by atoms with Gasteiger partial charge < -0.3 is 15.0 Å². The number of nitrogens with zero attached hydrogens (tertiary/aromatic N) is 1. The van der Waals surface area contributed by atoms with E-state index in [9.17, 15) is 22.8 Å².